The normalized spacial score (nSPS) is 14.4. The van der Waals surface area contributed by atoms with Crippen LogP contribution >= 0.6 is 0 Å². The van der Waals surface area contributed by atoms with Crippen molar-refractivity contribution < 1.29 is 4.79 Å². The van der Waals surface area contributed by atoms with Crippen molar-refractivity contribution in [3.05, 3.63) is 16.0 Å². The van der Waals surface area contributed by atoms with Gasteiger partial charge in [0, 0.05) is 0 Å². The minimum Gasteiger partial charge on any atom is -0.344 e. The zero-order valence-corrected chi connectivity index (χ0v) is 6.87. The topological polar surface area (TPSA) is 88.9 Å². The van der Waals surface area contributed by atoms with Crippen molar-refractivity contribution in [3.8, 4) is 0 Å². The van der Waals surface area contributed by atoms with Crippen molar-refractivity contribution in [2.75, 3.05) is 17.3 Å². The molecule has 1 aliphatic heterocycles. The summed E-state index contributed by atoms with van der Waals surface area (Å²) in [5.74, 6) is -0.0165. The Morgan fingerprint density at radius 1 is 1.38 bits per heavy atom. The smallest absolute Gasteiger partial charge is 0.295 e. The van der Waals surface area contributed by atoms with Gasteiger partial charge in [0.1, 0.15) is 5.69 Å². The molecule has 0 aromatic carbocycles. The molecule has 2 N–H and O–H groups in total. The molecule has 0 unspecified atom stereocenters. The van der Waals surface area contributed by atoms with Gasteiger partial charge in [-0.15, -0.1) is 10.2 Å². The summed E-state index contributed by atoms with van der Waals surface area (Å²) in [6.07, 6.45) is 0. The third kappa shape index (κ3) is 1.13. The lowest BCUT2D eigenvalue weighted by Crippen LogP contribution is -2.44. The van der Waals surface area contributed by atoms with Crippen molar-refractivity contribution in [2.24, 2.45) is 0 Å². The number of hydrogen-bond donors (Lipinski definition) is 2. The van der Waals surface area contributed by atoms with E-state index in [2.05, 4.69) is 20.9 Å². The predicted octanol–water partition coefficient (Wildman–Crippen LogP) is -1.56. The minimum absolute atomic E-state index is 0.108. The van der Waals surface area contributed by atoms with Crippen molar-refractivity contribution in [2.45, 2.75) is 6.92 Å². The van der Waals surface area contributed by atoms with Crippen molar-refractivity contribution in [1.82, 2.24) is 14.9 Å². The highest BCUT2D eigenvalue weighted by molar-refractivity contribution is 5.89. The third-order valence-corrected chi connectivity index (χ3v) is 1.66. The van der Waals surface area contributed by atoms with Gasteiger partial charge in [-0.05, 0) is 6.92 Å². The maximum absolute atomic E-state index is 11.4. The number of rotatable bonds is 0. The number of hydrogen-bond acceptors (Lipinski definition) is 5. The summed E-state index contributed by atoms with van der Waals surface area (Å²) in [4.78, 5) is 22.3. The Hall–Kier alpha value is -1.92. The van der Waals surface area contributed by atoms with Crippen LogP contribution in [0.2, 0.25) is 0 Å². The first-order valence-electron chi connectivity index (χ1n) is 3.68. The fraction of sp³-hybridized carbons (Fsp3) is 0.333. The molecule has 1 aliphatic rings. The van der Waals surface area contributed by atoms with E-state index in [0.29, 0.717) is 0 Å². The first-order valence-corrected chi connectivity index (χ1v) is 3.68. The molecule has 68 valence electrons. The number of nitrogens with zero attached hydrogens (tertiary/aromatic N) is 3. The molecule has 13 heavy (non-hydrogen) atoms. The van der Waals surface area contributed by atoms with Crippen molar-refractivity contribution >= 4 is 11.9 Å². The highest BCUT2D eigenvalue weighted by atomic mass is 16.2. The Kier molecular flexibility index (Phi) is 1.51. The molecule has 0 bridgehead atoms. The van der Waals surface area contributed by atoms with Crippen LogP contribution in [0.25, 0.3) is 0 Å². The van der Waals surface area contributed by atoms with Crippen LogP contribution in [0.1, 0.15) is 5.69 Å². The average Bonchev–Trinajstić information content (AvgIpc) is 2.12. The van der Waals surface area contributed by atoms with Crippen LogP contribution in [-0.2, 0) is 4.79 Å². The lowest BCUT2D eigenvalue weighted by atomic mass is 10.5. The van der Waals surface area contributed by atoms with E-state index in [1.807, 2.05) is 0 Å². The maximum Gasteiger partial charge on any atom is 0.295 e. The van der Waals surface area contributed by atoms with Crippen LogP contribution in [0, 0.1) is 6.92 Å². The highest BCUT2D eigenvalue weighted by Gasteiger charge is 2.16. The third-order valence-electron chi connectivity index (χ3n) is 1.66. The van der Waals surface area contributed by atoms with Gasteiger partial charge in [-0.25, -0.2) is 0 Å². The summed E-state index contributed by atoms with van der Waals surface area (Å²) >= 11 is 0. The summed E-state index contributed by atoms with van der Waals surface area (Å²) in [6, 6.07) is 0. The van der Waals surface area contributed by atoms with Crippen LogP contribution in [-0.4, -0.2) is 27.3 Å². The molecule has 0 spiro atoms. The Morgan fingerprint density at radius 2 is 2.15 bits per heavy atom. The maximum atomic E-state index is 11.4. The summed E-state index contributed by atoms with van der Waals surface area (Å²) in [7, 11) is 0. The second-order valence-electron chi connectivity index (χ2n) is 2.64. The molecular formula is C6H7N5O2. The molecule has 0 saturated heterocycles. The van der Waals surface area contributed by atoms with E-state index < -0.39 is 0 Å². The molecule has 0 saturated carbocycles. The molecule has 1 amide bonds. The summed E-state index contributed by atoms with van der Waals surface area (Å²) < 4.78 is 1.05. The standard InChI is InChI=1S/C6H7N5O2/c1-3-5(13)11-6(9-8-3)7-2-4(12)10-11/h2H2,1H3,(H,7,9)(H,10,12). The number of carbonyl (C=O) groups excluding carboxylic acids is 1. The number of carbonyl (C=O) groups is 1. The SMILES string of the molecule is Cc1nnc2n(c1=O)NC(=O)CN2. The van der Waals surface area contributed by atoms with Crippen LogP contribution in [0.15, 0.2) is 4.79 Å². The van der Waals surface area contributed by atoms with Crippen molar-refractivity contribution in [3.63, 3.8) is 0 Å². The Labute approximate surface area is 72.8 Å². The zero-order chi connectivity index (χ0) is 9.42. The molecule has 7 nitrogen and oxygen atoms in total. The Morgan fingerprint density at radius 3 is 2.92 bits per heavy atom. The van der Waals surface area contributed by atoms with E-state index >= 15 is 0 Å². The monoisotopic (exact) mass is 181 g/mol. The summed E-state index contributed by atoms with van der Waals surface area (Å²) in [5.41, 5.74) is 2.24. The summed E-state index contributed by atoms with van der Waals surface area (Å²) in [5, 5.41) is 9.98. The fourth-order valence-electron chi connectivity index (χ4n) is 1.01. The quantitative estimate of drug-likeness (QED) is 0.505. The zero-order valence-electron chi connectivity index (χ0n) is 6.87. The first kappa shape index (κ1) is 7.71. The minimum atomic E-state index is -0.370. The molecule has 7 heteroatoms. The van der Waals surface area contributed by atoms with E-state index in [-0.39, 0.29) is 29.7 Å². The molecule has 0 atom stereocenters. The number of fused-ring (bicyclic) bond motifs is 1. The number of nitrogens with one attached hydrogen (secondary N) is 2. The van der Waals surface area contributed by atoms with Gasteiger partial charge in [0.15, 0.2) is 0 Å². The van der Waals surface area contributed by atoms with Gasteiger partial charge in [0.05, 0.1) is 6.54 Å². The van der Waals surface area contributed by atoms with Gasteiger partial charge in [-0.3, -0.25) is 15.0 Å². The molecule has 2 heterocycles. The molecule has 0 fully saturated rings. The van der Waals surface area contributed by atoms with E-state index in [4.69, 9.17) is 0 Å². The van der Waals surface area contributed by atoms with E-state index in [9.17, 15) is 9.59 Å². The molecule has 0 radical (unpaired) electrons. The Bertz CT molecular complexity index is 424. The van der Waals surface area contributed by atoms with E-state index in [0.717, 1.165) is 4.68 Å². The highest BCUT2D eigenvalue weighted by Crippen LogP contribution is 1.99. The average molecular weight is 181 g/mol. The van der Waals surface area contributed by atoms with E-state index in [1.54, 1.807) is 0 Å². The van der Waals surface area contributed by atoms with Gasteiger partial charge < -0.3 is 5.32 Å². The number of aromatic nitrogens is 3. The van der Waals surface area contributed by atoms with Gasteiger partial charge in [-0.1, -0.05) is 0 Å². The molecule has 1 aromatic heterocycles. The van der Waals surface area contributed by atoms with Crippen molar-refractivity contribution in [1.29, 1.82) is 0 Å². The molecule has 1 aromatic rings. The van der Waals surface area contributed by atoms with Crippen LogP contribution < -0.4 is 16.3 Å². The van der Waals surface area contributed by atoms with Gasteiger partial charge in [0.2, 0.25) is 5.95 Å². The molecule has 2 rings (SSSR count). The van der Waals surface area contributed by atoms with Crippen LogP contribution in [0.4, 0.5) is 5.95 Å². The lowest BCUT2D eigenvalue weighted by molar-refractivity contribution is -0.115. The number of amides is 1. The second-order valence-corrected chi connectivity index (χ2v) is 2.64. The Balaban J connectivity index is 2.61. The lowest BCUT2D eigenvalue weighted by Gasteiger charge is -2.18. The summed E-state index contributed by atoms with van der Waals surface area (Å²) in [6.45, 7) is 1.64. The number of anilines is 1. The molecule has 0 aliphatic carbocycles. The van der Waals surface area contributed by atoms with Crippen LogP contribution in [0.5, 0.6) is 0 Å². The number of aryl methyl sites for hydroxylation is 1. The molecular weight excluding hydrogens is 174 g/mol. The predicted molar refractivity (Wildman–Crippen MR) is 43.9 cm³/mol. The van der Waals surface area contributed by atoms with Gasteiger partial charge >= 0.3 is 0 Å². The second kappa shape index (κ2) is 2.54. The van der Waals surface area contributed by atoms with Crippen LogP contribution in [0.3, 0.4) is 0 Å². The van der Waals surface area contributed by atoms with Gasteiger partial charge in [0.25, 0.3) is 11.5 Å². The van der Waals surface area contributed by atoms with E-state index in [1.165, 1.54) is 6.92 Å². The first-order chi connectivity index (χ1) is 6.18. The van der Waals surface area contributed by atoms with Gasteiger partial charge in [-0.2, -0.15) is 4.68 Å². The largest absolute Gasteiger partial charge is 0.344 e. The fourth-order valence-corrected chi connectivity index (χ4v) is 1.01.